The van der Waals surface area contributed by atoms with E-state index >= 15 is 0 Å². The van der Waals surface area contributed by atoms with Crippen molar-refractivity contribution in [1.29, 1.82) is 0 Å². The van der Waals surface area contributed by atoms with E-state index in [4.69, 9.17) is 5.73 Å². The summed E-state index contributed by atoms with van der Waals surface area (Å²) in [7, 11) is 0. The van der Waals surface area contributed by atoms with Crippen LogP contribution in [-0.4, -0.2) is 24.7 Å². The first-order valence-corrected chi connectivity index (χ1v) is 8.86. The molecular weight excluding hydrogens is 305 g/mol. The second kappa shape index (κ2) is 11.7. The fourth-order valence-electron chi connectivity index (χ4n) is 3.31. The van der Waals surface area contributed by atoms with Gasteiger partial charge in [0.15, 0.2) is 0 Å². The molecule has 0 heterocycles. The van der Waals surface area contributed by atoms with Crippen molar-refractivity contribution in [1.82, 2.24) is 5.32 Å². The molecule has 6 heteroatoms. The molecule has 3 N–H and O–H groups in total. The Labute approximate surface area is 138 Å². The Morgan fingerprint density at radius 2 is 1.70 bits per heavy atom. The summed E-state index contributed by atoms with van der Waals surface area (Å²) in [6, 6.07) is -0.913. The van der Waals surface area contributed by atoms with Crippen LogP contribution in [0.2, 0.25) is 0 Å². The Kier molecular flexibility index (Phi) is 11.3. The van der Waals surface area contributed by atoms with Crippen LogP contribution in [0, 0.1) is 11.8 Å². The van der Waals surface area contributed by atoms with Gasteiger partial charge in [-0.2, -0.15) is 13.2 Å². The third kappa shape index (κ3) is 9.84. The molecule has 1 amide bonds. The number of rotatable bonds is 13. The lowest BCUT2D eigenvalue weighted by molar-refractivity contribution is -0.133. The lowest BCUT2D eigenvalue weighted by Gasteiger charge is -2.32. The van der Waals surface area contributed by atoms with E-state index in [9.17, 15) is 18.0 Å². The van der Waals surface area contributed by atoms with Crippen molar-refractivity contribution in [3.8, 4) is 0 Å². The molecule has 0 aliphatic carbocycles. The summed E-state index contributed by atoms with van der Waals surface area (Å²) < 4.78 is 37.4. The zero-order chi connectivity index (χ0) is 17.9. The highest BCUT2D eigenvalue weighted by Gasteiger charge is 2.35. The lowest BCUT2D eigenvalue weighted by atomic mass is 9.78. The quantitative estimate of drug-likeness (QED) is 0.489. The van der Waals surface area contributed by atoms with Gasteiger partial charge in [-0.3, -0.25) is 10.1 Å². The summed E-state index contributed by atoms with van der Waals surface area (Å²) in [6.45, 7) is 4.95. The van der Waals surface area contributed by atoms with Gasteiger partial charge in [0.1, 0.15) is 0 Å². The topological polar surface area (TPSA) is 55.1 Å². The van der Waals surface area contributed by atoms with Crippen LogP contribution in [0.1, 0.15) is 72.1 Å². The number of unbranched alkanes of at least 4 members (excludes halogenated alkanes) is 3. The molecule has 0 radical (unpaired) electrons. The molecule has 0 fully saturated rings. The van der Waals surface area contributed by atoms with E-state index in [0.29, 0.717) is 6.42 Å². The molecule has 0 aliphatic rings. The van der Waals surface area contributed by atoms with E-state index < -0.39 is 24.7 Å². The zero-order valence-electron chi connectivity index (χ0n) is 14.7. The molecule has 0 spiro atoms. The largest absolute Gasteiger partial charge is 0.401 e. The van der Waals surface area contributed by atoms with Crippen LogP contribution in [0.25, 0.3) is 0 Å². The monoisotopic (exact) mass is 338 g/mol. The third-order valence-corrected chi connectivity index (χ3v) is 4.42. The maximum atomic E-state index is 12.5. The second-order valence-electron chi connectivity index (χ2n) is 6.35. The zero-order valence-corrected chi connectivity index (χ0v) is 14.7. The number of alkyl halides is 3. The molecule has 138 valence electrons. The standard InChI is InChI=1S/C17H33F3N2O/c1-4-7-8-9-11-13(10-5-2)14(6-3)15(16(21)23)22-12-17(18,19)20/h13-15,22H,4-12H2,1-3H3,(H2,21,23). The maximum Gasteiger partial charge on any atom is 0.401 e. The van der Waals surface area contributed by atoms with Crippen LogP contribution in [0.4, 0.5) is 13.2 Å². The maximum absolute atomic E-state index is 12.5. The second-order valence-corrected chi connectivity index (χ2v) is 6.35. The number of carbonyl (C=O) groups is 1. The van der Waals surface area contributed by atoms with Crippen LogP contribution in [0.15, 0.2) is 0 Å². The van der Waals surface area contributed by atoms with E-state index in [1.807, 2.05) is 6.92 Å². The molecule has 0 aromatic heterocycles. The number of amides is 1. The van der Waals surface area contributed by atoms with Gasteiger partial charge < -0.3 is 5.73 Å². The highest BCUT2D eigenvalue weighted by molar-refractivity contribution is 5.80. The first-order chi connectivity index (χ1) is 10.8. The Bertz CT molecular complexity index is 321. The Morgan fingerprint density at radius 1 is 1.04 bits per heavy atom. The van der Waals surface area contributed by atoms with Gasteiger partial charge in [0.2, 0.25) is 5.91 Å². The summed E-state index contributed by atoms with van der Waals surface area (Å²) >= 11 is 0. The van der Waals surface area contributed by atoms with E-state index in [-0.39, 0.29) is 11.8 Å². The van der Waals surface area contributed by atoms with Gasteiger partial charge in [-0.05, 0) is 11.8 Å². The van der Waals surface area contributed by atoms with Crippen LogP contribution in [0.5, 0.6) is 0 Å². The van der Waals surface area contributed by atoms with E-state index in [0.717, 1.165) is 38.5 Å². The molecule has 23 heavy (non-hydrogen) atoms. The average Bonchev–Trinajstić information content (AvgIpc) is 2.45. The number of nitrogens with two attached hydrogens (primary N) is 1. The molecule has 0 saturated heterocycles. The van der Waals surface area contributed by atoms with Crippen molar-refractivity contribution in [2.45, 2.75) is 84.4 Å². The number of hydrogen-bond acceptors (Lipinski definition) is 2. The molecular formula is C17H33F3N2O. The van der Waals surface area contributed by atoms with Gasteiger partial charge in [0.05, 0.1) is 12.6 Å². The van der Waals surface area contributed by atoms with Crippen LogP contribution < -0.4 is 11.1 Å². The molecule has 3 unspecified atom stereocenters. The first kappa shape index (κ1) is 22.2. The third-order valence-electron chi connectivity index (χ3n) is 4.42. The molecule has 0 saturated carbocycles. The molecule has 3 nitrogen and oxygen atoms in total. The van der Waals surface area contributed by atoms with Crippen molar-refractivity contribution >= 4 is 5.91 Å². The highest BCUT2D eigenvalue weighted by Crippen LogP contribution is 2.30. The average molecular weight is 338 g/mol. The molecule has 3 atom stereocenters. The predicted octanol–water partition coefficient (Wildman–Crippen LogP) is 4.41. The van der Waals surface area contributed by atoms with Crippen molar-refractivity contribution < 1.29 is 18.0 Å². The fourth-order valence-corrected chi connectivity index (χ4v) is 3.31. The SMILES string of the molecule is CCCCCCC(CCC)C(CC)C(NCC(F)(F)F)C(N)=O. The molecule has 0 aliphatic heterocycles. The van der Waals surface area contributed by atoms with Crippen molar-refractivity contribution in [2.75, 3.05) is 6.54 Å². The first-order valence-electron chi connectivity index (χ1n) is 8.86. The number of hydrogen-bond donors (Lipinski definition) is 2. The summed E-state index contributed by atoms with van der Waals surface area (Å²) in [4.78, 5) is 11.7. The Hall–Kier alpha value is -0.780. The summed E-state index contributed by atoms with van der Waals surface area (Å²) in [5.74, 6) is -0.590. The normalized spacial score (nSPS) is 16.1. The summed E-state index contributed by atoms with van der Waals surface area (Å²) in [5.41, 5.74) is 5.38. The molecule has 0 aromatic rings. The minimum atomic E-state index is -4.34. The number of primary amides is 1. The minimum absolute atomic E-state index is 0.142. The number of nitrogens with one attached hydrogen (secondary N) is 1. The lowest BCUT2D eigenvalue weighted by Crippen LogP contribution is -2.51. The van der Waals surface area contributed by atoms with Gasteiger partial charge in [-0.1, -0.05) is 72.1 Å². The van der Waals surface area contributed by atoms with Crippen LogP contribution >= 0.6 is 0 Å². The van der Waals surface area contributed by atoms with Crippen LogP contribution in [-0.2, 0) is 4.79 Å². The smallest absolute Gasteiger partial charge is 0.368 e. The molecule has 0 rings (SSSR count). The van der Waals surface area contributed by atoms with Crippen molar-refractivity contribution in [3.05, 3.63) is 0 Å². The van der Waals surface area contributed by atoms with Gasteiger partial charge in [-0.15, -0.1) is 0 Å². The number of halogens is 3. The van der Waals surface area contributed by atoms with Gasteiger partial charge in [0.25, 0.3) is 0 Å². The minimum Gasteiger partial charge on any atom is -0.368 e. The van der Waals surface area contributed by atoms with Crippen molar-refractivity contribution in [3.63, 3.8) is 0 Å². The fraction of sp³-hybridized carbons (Fsp3) is 0.941. The predicted molar refractivity (Wildman–Crippen MR) is 88.0 cm³/mol. The Morgan fingerprint density at radius 3 is 2.13 bits per heavy atom. The summed E-state index contributed by atoms with van der Waals surface area (Å²) in [6.07, 6.45) is 3.63. The van der Waals surface area contributed by atoms with Gasteiger partial charge >= 0.3 is 6.18 Å². The van der Waals surface area contributed by atoms with Crippen LogP contribution in [0.3, 0.4) is 0 Å². The van der Waals surface area contributed by atoms with Gasteiger partial charge in [0, 0.05) is 0 Å². The Balaban J connectivity index is 4.88. The summed E-state index contributed by atoms with van der Waals surface area (Å²) in [5, 5.41) is 2.35. The van der Waals surface area contributed by atoms with Gasteiger partial charge in [-0.25, -0.2) is 0 Å². The van der Waals surface area contributed by atoms with E-state index in [1.165, 1.54) is 6.42 Å². The van der Waals surface area contributed by atoms with E-state index in [2.05, 4.69) is 19.2 Å². The molecule has 0 bridgehead atoms. The van der Waals surface area contributed by atoms with E-state index in [1.54, 1.807) is 0 Å². The molecule has 0 aromatic carbocycles. The number of carbonyl (C=O) groups excluding carboxylic acids is 1. The van der Waals surface area contributed by atoms with Crippen molar-refractivity contribution in [2.24, 2.45) is 17.6 Å². The highest BCUT2D eigenvalue weighted by atomic mass is 19.4.